The van der Waals surface area contributed by atoms with Crippen LogP contribution in [0.15, 0.2) is 53.5 Å². The fraction of sp³-hybridized carbons (Fsp3) is 0.458. The molecule has 1 aliphatic rings. The zero-order valence-corrected chi connectivity index (χ0v) is 18.4. The Morgan fingerprint density at radius 3 is 2.45 bits per heavy atom. The van der Waals surface area contributed by atoms with Gasteiger partial charge in [0, 0.05) is 26.2 Å². The largest absolute Gasteiger partial charge is 0.497 e. The summed E-state index contributed by atoms with van der Waals surface area (Å²) in [5.74, 6) is 1.43. The van der Waals surface area contributed by atoms with Gasteiger partial charge in [-0.05, 0) is 48.7 Å². The molecule has 7 heteroatoms. The van der Waals surface area contributed by atoms with Gasteiger partial charge in [0.15, 0.2) is 5.96 Å². The van der Waals surface area contributed by atoms with Gasteiger partial charge in [-0.2, -0.15) is 0 Å². The summed E-state index contributed by atoms with van der Waals surface area (Å²) in [6.07, 6.45) is 0.802. The molecule has 2 N–H and O–H groups in total. The summed E-state index contributed by atoms with van der Waals surface area (Å²) in [5, 5.41) is 6.72. The molecule has 1 saturated heterocycles. The summed E-state index contributed by atoms with van der Waals surface area (Å²) in [6.45, 7) is 7.47. The summed E-state index contributed by atoms with van der Waals surface area (Å²) >= 11 is 0. The molecule has 1 heterocycles. The molecule has 1 fully saturated rings. The van der Waals surface area contributed by atoms with Crippen molar-refractivity contribution in [1.29, 1.82) is 0 Å². The smallest absolute Gasteiger partial charge is 0.191 e. The molecule has 168 valence electrons. The number of hydrogen-bond donors (Lipinski definition) is 2. The van der Waals surface area contributed by atoms with E-state index in [1.165, 1.54) is 17.7 Å². The second-order valence-corrected chi connectivity index (χ2v) is 7.46. The summed E-state index contributed by atoms with van der Waals surface area (Å²) in [5.41, 5.74) is 2.31. The van der Waals surface area contributed by atoms with Gasteiger partial charge in [0.05, 0.1) is 32.9 Å². The van der Waals surface area contributed by atoms with Crippen molar-refractivity contribution in [1.82, 2.24) is 15.5 Å². The number of nitrogens with one attached hydrogen (secondary N) is 2. The van der Waals surface area contributed by atoms with Crippen LogP contribution in [0, 0.1) is 5.82 Å². The number of methoxy groups -OCH3 is 1. The Labute approximate surface area is 184 Å². The second kappa shape index (κ2) is 12.3. The minimum Gasteiger partial charge on any atom is -0.497 e. The zero-order valence-electron chi connectivity index (χ0n) is 18.4. The summed E-state index contributed by atoms with van der Waals surface area (Å²) in [6, 6.07) is 15.0. The van der Waals surface area contributed by atoms with Crippen molar-refractivity contribution in [2.75, 3.05) is 53.0 Å². The molecule has 31 heavy (non-hydrogen) atoms. The average Bonchev–Trinajstić information content (AvgIpc) is 2.81. The molecule has 1 aliphatic heterocycles. The van der Waals surface area contributed by atoms with Gasteiger partial charge in [0.25, 0.3) is 0 Å². The fourth-order valence-corrected chi connectivity index (χ4v) is 3.64. The quantitative estimate of drug-likeness (QED) is 0.475. The van der Waals surface area contributed by atoms with Crippen molar-refractivity contribution in [2.24, 2.45) is 4.99 Å². The van der Waals surface area contributed by atoms with Crippen LogP contribution in [0.3, 0.4) is 0 Å². The van der Waals surface area contributed by atoms with Crippen molar-refractivity contribution in [3.8, 4) is 5.75 Å². The highest BCUT2D eigenvalue weighted by atomic mass is 19.1. The monoisotopic (exact) mass is 428 g/mol. The van der Waals surface area contributed by atoms with Crippen molar-refractivity contribution in [2.45, 2.75) is 19.4 Å². The lowest BCUT2D eigenvalue weighted by molar-refractivity contribution is 0.0179. The SMILES string of the molecule is CCNC(=NCC(c1ccc(OC)cc1)N1CCOCC1)NCCc1ccc(F)cc1. The first-order valence-electron chi connectivity index (χ1n) is 10.9. The molecule has 1 unspecified atom stereocenters. The van der Waals surface area contributed by atoms with E-state index in [2.05, 4.69) is 34.6 Å². The first-order valence-corrected chi connectivity index (χ1v) is 10.9. The predicted octanol–water partition coefficient (Wildman–Crippen LogP) is 3.01. The van der Waals surface area contributed by atoms with Gasteiger partial charge in [0.2, 0.25) is 0 Å². The number of guanidine groups is 1. The number of hydrogen-bond acceptors (Lipinski definition) is 4. The molecule has 1 atom stereocenters. The van der Waals surface area contributed by atoms with Gasteiger partial charge in [-0.3, -0.25) is 9.89 Å². The minimum absolute atomic E-state index is 0.169. The van der Waals surface area contributed by atoms with E-state index in [0.717, 1.165) is 63.1 Å². The summed E-state index contributed by atoms with van der Waals surface area (Å²) in [7, 11) is 1.68. The summed E-state index contributed by atoms with van der Waals surface area (Å²) in [4.78, 5) is 7.30. The third kappa shape index (κ3) is 7.22. The first-order chi connectivity index (χ1) is 15.2. The van der Waals surface area contributed by atoms with E-state index in [1.54, 1.807) is 7.11 Å². The van der Waals surface area contributed by atoms with E-state index in [-0.39, 0.29) is 11.9 Å². The Bertz CT molecular complexity index is 805. The third-order valence-electron chi connectivity index (χ3n) is 5.37. The molecule has 0 spiro atoms. The van der Waals surface area contributed by atoms with Crippen molar-refractivity contribution in [3.63, 3.8) is 0 Å². The van der Waals surface area contributed by atoms with Crippen LogP contribution in [-0.2, 0) is 11.2 Å². The van der Waals surface area contributed by atoms with Gasteiger partial charge in [-0.1, -0.05) is 24.3 Å². The number of morpholine rings is 1. The Morgan fingerprint density at radius 1 is 1.10 bits per heavy atom. The van der Waals surface area contributed by atoms with Crippen LogP contribution in [0.5, 0.6) is 5.75 Å². The van der Waals surface area contributed by atoms with Crippen LogP contribution in [0.1, 0.15) is 24.1 Å². The molecule has 2 aromatic carbocycles. The molecule has 2 aromatic rings. The van der Waals surface area contributed by atoms with Crippen LogP contribution in [0.2, 0.25) is 0 Å². The van der Waals surface area contributed by atoms with Gasteiger partial charge in [-0.15, -0.1) is 0 Å². The highest BCUT2D eigenvalue weighted by molar-refractivity contribution is 5.79. The number of aliphatic imine (C=N–C) groups is 1. The average molecular weight is 429 g/mol. The Kier molecular flexibility index (Phi) is 9.12. The van der Waals surface area contributed by atoms with Gasteiger partial charge >= 0.3 is 0 Å². The topological polar surface area (TPSA) is 58.1 Å². The van der Waals surface area contributed by atoms with E-state index < -0.39 is 0 Å². The molecular weight excluding hydrogens is 395 g/mol. The van der Waals surface area contributed by atoms with Crippen molar-refractivity contribution < 1.29 is 13.9 Å². The molecule has 0 aromatic heterocycles. The zero-order chi connectivity index (χ0) is 21.9. The molecular formula is C24H33FN4O2. The minimum atomic E-state index is -0.209. The van der Waals surface area contributed by atoms with E-state index >= 15 is 0 Å². The van der Waals surface area contributed by atoms with Crippen molar-refractivity contribution in [3.05, 3.63) is 65.5 Å². The fourth-order valence-electron chi connectivity index (χ4n) is 3.64. The lowest BCUT2D eigenvalue weighted by atomic mass is 10.0. The molecule has 0 amide bonds. The standard InChI is InChI=1S/C24H33FN4O2/c1-3-26-24(27-13-12-19-4-8-21(25)9-5-19)28-18-23(29-14-16-31-17-15-29)20-6-10-22(30-2)11-7-20/h4-11,23H,3,12-18H2,1-2H3,(H2,26,27,28). The molecule has 6 nitrogen and oxygen atoms in total. The third-order valence-corrected chi connectivity index (χ3v) is 5.37. The predicted molar refractivity (Wildman–Crippen MR) is 122 cm³/mol. The van der Waals surface area contributed by atoms with Gasteiger partial charge in [0.1, 0.15) is 11.6 Å². The van der Waals surface area contributed by atoms with E-state index in [9.17, 15) is 4.39 Å². The molecule has 0 bridgehead atoms. The van der Waals surface area contributed by atoms with Crippen molar-refractivity contribution >= 4 is 5.96 Å². The van der Waals surface area contributed by atoms with Gasteiger partial charge in [-0.25, -0.2) is 4.39 Å². The first kappa shape index (κ1) is 23.0. The maximum atomic E-state index is 13.1. The lowest BCUT2D eigenvalue weighted by Crippen LogP contribution is -2.42. The van der Waals surface area contributed by atoms with Crippen LogP contribution < -0.4 is 15.4 Å². The van der Waals surface area contributed by atoms with Gasteiger partial charge < -0.3 is 20.1 Å². The molecule has 0 aliphatic carbocycles. The molecule has 0 saturated carbocycles. The van der Waals surface area contributed by atoms with Crippen LogP contribution in [0.25, 0.3) is 0 Å². The van der Waals surface area contributed by atoms with E-state index in [0.29, 0.717) is 6.54 Å². The Hall–Kier alpha value is -2.64. The number of ether oxygens (including phenoxy) is 2. The number of benzene rings is 2. The highest BCUT2D eigenvalue weighted by Gasteiger charge is 2.22. The Morgan fingerprint density at radius 2 is 1.81 bits per heavy atom. The van der Waals surface area contributed by atoms with E-state index in [1.807, 2.05) is 24.3 Å². The Balaban J connectivity index is 1.66. The lowest BCUT2D eigenvalue weighted by Gasteiger charge is -2.34. The maximum Gasteiger partial charge on any atom is 0.191 e. The number of halogens is 1. The number of nitrogens with zero attached hydrogens (tertiary/aromatic N) is 2. The highest BCUT2D eigenvalue weighted by Crippen LogP contribution is 2.24. The summed E-state index contributed by atoms with van der Waals surface area (Å²) < 4.78 is 23.9. The van der Waals surface area contributed by atoms with Crippen LogP contribution >= 0.6 is 0 Å². The molecule has 0 radical (unpaired) electrons. The van der Waals surface area contributed by atoms with Crippen LogP contribution in [0.4, 0.5) is 4.39 Å². The number of rotatable bonds is 9. The second-order valence-electron chi connectivity index (χ2n) is 7.46. The van der Waals surface area contributed by atoms with E-state index in [4.69, 9.17) is 14.5 Å². The maximum absolute atomic E-state index is 13.1. The van der Waals surface area contributed by atoms with Crippen LogP contribution in [-0.4, -0.2) is 63.9 Å². The normalized spacial score (nSPS) is 16.0. The molecule has 3 rings (SSSR count).